The summed E-state index contributed by atoms with van der Waals surface area (Å²) in [6, 6.07) is 11.5. The molecular formula is C17H15FN4OS. The number of carbonyl (C=O) groups is 1. The van der Waals surface area contributed by atoms with Crippen LogP contribution in [0.25, 0.3) is 5.69 Å². The molecule has 0 radical (unpaired) electrons. The van der Waals surface area contributed by atoms with Crippen LogP contribution in [0.2, 0.25) is 0 Å². The number of hydrogen-bond acceptors (Lipinski definition) is 3. The highest BCUT2D eigenvalue weighted by atomic mass is 32.1. The minimum atomic E-state index is -0.345. The lowest BCUT2D eigenvalue weighted by molar-refractivity contribution is 0.0947. The van der Waals surface area contributed by atoms with Crippen LogP contribution in [0.1, 0.15) is 16.2 Å². The molecule has 3 aromatic rings. The molecule has 1 amide bonds. The van der Waals surface area contributed by atoms with E-state index in [9.17, 15) is 9.18 Å². The van der Waals surface area contributed by atoms with Crippen LogP contribution in [-0.2, 0) is 6.42 Å². The number of nitrogens with one attached hydrogen (secondary N) is 2. The van der Waals surface area contributed by atoms with Gasteiger partial charge in [-0.2, -0.15) is 0 Å². The third kappa shape index (κ3) is 3.57. The van der Waals surface area contributed by atoms with Crippen molar-refractivity contribution in [1.82, 2.24) is 19.9 Å². The van der Waals surface area contributed by atoms with Crippen LogP contribution in [0.5, 0.6) is 0 Å². The highest BCUT2D eigenvalue weighted by molar-refractivity contribution is 7.71. The van der Waals surface area contributed by atoms with Crippen LogP contribution in [0.15, 0.2) is 54.9 Å². The molecule has 7 heteroatoms. The van der Waals surface area contributed by atoms with E-state index in [0.29, 0.717) is 29.1 Å². The fourth-order valence-electron chi connectivity index (χ4n) is 2.32. The Bertz CT molecular complexity index is 887. The number of H-pyrrole nitrogens is 1. The van der Waals surface area contributed by atoms with Gasteiger partial charge in [0.2, 0.25) is 0 Å². The summed E-state index contributed by atoms with van der Waals surface area (Å²) in [6.07, 6.45) is 3.89. The number of carbonyl (C=O) groups excluding carboxylic acids is 1. The number of amides is 1. The van der Waals surface area contributed by atoms with E-state index in [0.717, 1.165) is 5.69 Å². The third-order valence-corrected chi connectivity index (χ3v) is 3.79. The van der Waals surface area contributed by atoms with Gasteiger partial charge in [0.25, 0.3) is 5.91 Å². The van der Waals surface area contributed by atoms with Crippen LogP contribution in [0.3, 0.4) is 0 Å². The molecule has 1 aromatic carbocycles. The second-order valence-corrected chi connectivity index (χ2v) is 5.50. The van der Waals surface area contributed by atoms with Crippen LogP contribution in [0.4, 0.5) is 4.39 Å². The lowest BCUT2D eigenvalue weighted by Crippen LogP contribution is -2.27. The summed E-state index contributed by atoms with van der Waals surface area (Å²) in [7, 11) is 0. The van der Waals surface area contributed by atoms with E-state index in [1.807, 2.05) is 18.2 Å². The molecule has 5 nitrogen and oxygen atoms in total. The van der Waals surface area contributed by atoms with Gasteiger partial charge >= 0.3 is 0 Å². The molecule has 24 heavy (non-hydrogen) atoms. The maximum atomic E-state index is 13.1. The Labute approximate surface area is 143 Å². The zero-order valence-electron chi connectivity index (χ0n) is 12.7. The van der Waals surface area contributed by atoms with Gasteiger partial charge in [-0.05, 0) is 48.6 Å². The lowest BCUT2D eigenvalue weighted by Gasteiger charge is -2.09. The minimum Gasteiger partial charge on any atom is -0.350 e. The number of aromatic nitrogens is 3. The monoisotopic (exact) mass is 342 g/mol. The molecule has 0 bridgehead atoms. The van der Waals surface area contributed by atoms with Crippen molar-refractivity contribution >= 4 is 18.1 Å². The van der Waals surface area contributed by atoms with Gasteiger partial charge in [0, 0.05) is 36.7 Å². The first kappa shape index (κ1) is 16.1. The predicted octanol–water partition coefficient (Wildman–Crippen LogP) is 3.04. The zero-order valence-corrected chi connectivity index (χ0v) is 13.5. The van der Waals surface area contributed by atoms with Crippen LogP contribution in [-0.4, -0.2) is 27.0 Å². The predicted molar refractivity (Wildman–Crippen MR) is 91.2 cm³/mol. The largest absolute Gasteiger partial charge is 0.350 e. The van der Waals surface area contributed by atoms with E-state index < -0.39 is 0 Å². The summed E-state index contributed by atoms with van der Waals surface area (Å²) >= 11 is 5.22. The highest BCUT2D eigenvalue weighted by Crippen LogP contribution is 2.13. The van der Waals surface area contributed by atoms with Gasteiger partial charge in [-0.3, -0.25) is 14.3 Å². The molecule has 0 unspecified atom stereocenters. The number of imidazole rings is 1. The van der Waals surface area contributed by atoms with E-state index in [4.69, 9.17) is 12.2 Å². The first-order chi connectivity index (χ1) is 11.6. The molecule has 2 aromatic heterocycles. The quantitative estimate of drug-likeness (QED) is 0.701. The molecule has 0 spiro atoms. The maximum absolute atomic E-state index is 13.1. The number of pyridine rings is 1. The second-order valence-electron chi connectivity index (χ2n) is 5.12. The molecule has 0 aliphatic heterocycles. The Morgan fingerprint density at radius 1 is 1.25 bits per heavy atom. The number of halogens is 1. The van der Waals surface area contributed by atoms with Crippen molar-refractivity contribution in [2.75, 3.05) is 6.54 Å². The van der Waals surface area contributed by atoms with Crippen LogP contribution >= 0.6 is 12.2 Å². The van der Waals surface area contributed by atoms with Crippen LogP contribution < -0.4 is 5.32 Å². The lowest BCUT2D eigenvalue weighted by atomic mass is 10.2. The van der Waals surface area contributed by atoms with Crippen molar-refractivity contribution in [3.05, 3.63) is 76.8 Å². The van der Waals surface area contributed by atoms with Crippen molar-refractivity contribution in [2.24, 2.45) is 0 Å². The minimum absolute atomic E-state index is 0.261. The molecule has 0 fully saturated rings. The normalized spacial score (nSPS) is 10.5. The van der Waals surface area contributed by atoms with Crippen molar-refractivity contribution in [3.8, 4) is 5.69 Å². The summed E-state index contributed by atoms with van der Waals surface area (Å²) < 4.78 is 15.0. The van der Waals surface area contributed by atoms with Crippen molar-refractivity contribution in [2.45, 2.75) is 6.42 Å². The van der Waals surface area contributed by atoms with Gasteiger partial charge in [-0.1, -0.05) is 6.07 Å². The molecule has 0 aliphatic carbocycles. The van der Waals surface area contributed by atoms with E-state index in [2.05, 4.69) is 15.3 Å². The number of hydrogen-bond donors (Lipinski definition) is 2. The fraction of sp³-hybridized carbons (Fsp3) is 0.118. The molecule has 2 heterocycles. The molecule has 122 valence electrons. The molecule has 0 saturated heterocycles. The van der Waals surface area contributed by atoms with E-state index in [1.165, 1.54) is 12.1 Å². The van der Waals surface area contributed by atoms with Gasteiger partial charge < -0.3 is 10.3 Å². The van der Waals surface area contributed by atoms with Gasteiger partial charge in [0.1, 0.15) is 11.5 Å². The molecule has 0 saturated carbocycles. The first-order valence-electron chi connectivity index (χ1n) is 7.39. The average Bonchev–Trinajstić information content (AvgIpc) is 2.98. The third-order valence-electron chi connectivity index (χ3n) is 3.49. The number of aromatic amines is 1. The Morgan fingerprint density at radius 3 is 2.75 bits per heavy atom. The summed E-state index contributed by atoms with van der Waals surface area (Å²) in [5.74, 6) is -0.607. The topological polar surface area (TPSA) is 62.7 Å². The summed E-state index contributed by atoms with van der Waals surface area (Å²) in [4.78, 5) is 19.5. The summed E-state index contributed by atoms with van der Waals surface area (Å²) in [5.41, 5.74) is 1.90. The molecule has 2 N–H and O–H groups in total. The van der Waals surface area contributed by atoms with E-state index in [1.54, 1.807) is 29.1 Å². The Hall–Kier alpha value is -2.80. The number of rotatable bonds is 5. The molecule has 3 rings (SSSR count). The SMILES string of the molecule is O=C(NCCc1ccccn1)c1c[nH]c(=S)n1-c1ccc(F)cc1. The van der Waals surface area contributed by atoms with Crippen molar-refractivity contribution in [3.63, 3.8) is 0 Å². The van der Waals surface area contributed by atoms with Crippen molar-refractivity contribution < 1.29 is 9.18 Å². The summed E-state index contributed by atoms with van der Waals surface area (Å²) in [5, 5.41) is 2.84. The highest BCUT2D eigenvalue weighted by Gasteiger charge is 2.14. The zero-order chi connectivity index (χ0) is 16.9. The Kier molecular flexibility index (Phi) is 4.81. The number of nitrogens with zero attached hydrogens (tertiary/aromatic N) is 2. The summed E-state index contributed by atoms with van der Waals surface area (Å²) in [6.45, 7) is 0.456. The number of benzene rings is 1. The second kappa shape index (κ2) is 7.18. The average molecular weight is 342 g/mol. The maximum Gasteiger partial charge on any atom is 0.269 e. The van der Waals surface area contributed by atoms with Gasteiger partial charge in [-0.25, -0.2) is 4.39 Å². The molecule has 0 aliphatic rings. The molecular weight excluding hydrogens is 327 g/mol. The fourth-order valence-corrected chi connectivity index (χ4v) is 2.59. The van der Waals surface area contributed by atoms with E-state index in [-0.39, 0.29) is 11.7 Å². The van der Waals surface area contributed by atoms with Gasteiger partial charge in [0.15, 0.2) is 4.77 Å². The van der Waals surface area contributed by atoms with E-state index >= 15 is 0 Å². The smallest absolute Gasteiger partial charge is 0.269 e. The van der Waals surface area contributed by atoms with Gasteiger partial charge in [0.05, 0.1) is 0 Å². The molecule has 0 atom stereocenters. The first-order valence-corrected chi connectivity index (χ1v) is 7.80. The Morgan fingerprint density at radius 2 is 2.04 bits per heavy atom. The standard InChI is InChI=1S/C17H15FN4OS/c18-12-4-6-14(7-5-12)22-15(11-21-17(22)24)16(23)20-10-8-13-3-1-2-9-19-13/h1-7,9,11H,8,10H2,(H,20,23)(H,21,24). The van der Waals surface area contributed by atoms with Crippen LogP contribution in [0, 0.1) is 10.6 Å². The van der Waals surface area contributed by atoms with Crippen molar-refractivity contribution in [1.29, 1.82) is 0 Å². The van der Waals surface area contributed by atoms with Gasteiger partial charge in [-0.15, -0.1) is 0 Å². The Balaban J connectivity index is 1.74.